The lowest BCUT2D eigenvalue weighted by Crippen LogP contribution is -2.12. The Bertz CT molecular complexity index is 972. The molecule has 26 heavy (non-hydrogen) atoms. The third-order valence-corrected chi connectivity index (χ3v) is 3.92. The maximum Gasteiger partial charge on any atom is 0.255 e. The Kier molecular flexibility index (Phi) is 4.86. The van der Waals surface area contributed by atoms with Crippen molar-refractivity contribution in [3.8, 4) is 11.8 Å². The minimum absolute atomic E-state index is 0.117. The average molecular weight is 343 g/mol. The predicted molar refractivity (Wildman–Crippen MR) is 102 cm³/mol. The van der Waals surface area contributed by atoms with Gasteiger partial charge in [0.2, 0.25) is 0 Å². The second kappa shape index (κ2) is 7.41. The van der Waals surface area contributed by atoms with Crippen LogP contribution in [0.3, 0.4) is 0 Å². The number of nitrogens with zero attached hydrogens (tertiary/aromatic N) is 1. The van der Waals surface area contributed by atoms with Gasteiger partial charge in [-0.05, 0) is 73.2 Å². The van der Waals surface area contributed by atoms with Gasteiger partial charge in [-0.15, -0.1) is 0 Å². The summed E-state index contributed by atoms with van der Waals surface area (Å²) < 4.78 is 0. The molecule has 3 rings (SSSR count). The number of anilines is 3. The van der Waals surface area contributed by atoms with Gasteiger partial charge in [0, 0.05) is 22.6 Å². The first-order chi connectivity index (χ1) is 12.5. The number of nitriles is 1. The number of aryl methyl sites for hydroxylation is 1. The monoisotopic (exact) mass is 343 g/mol. The van der Waals surface area contributed by atoms with E-state index >= 15 is 0 Å². The zero-order chi connectivity index (χ0) is 18.5. The SMILES string of the molecule is Cc1ccc(Nc2ccc(C#N)cc2)cc1NC(=O)c1ccc(O)cc1. The van der Waals surface area contributed by atoms with Gasteiger partial charge in [-0.1, -0.05) is 6.07 Å². The van der Waals surface area contributed by atoms with Gasteiger partial charge >= 0.3 is 0 Å². The molecule has 0 atom stereocenters. The third kappa shape index (κ3) is 4.00. The van der Waals surface area contributed by atoms with Crippen molar-refractivity contribution < 1.29 is 9.90 Å². The quantitative estimate of drug-likeness (QED) is 0.648. The third-order valence-electron chi connectivity index (χ3n) is 3.92. The Balaban J connectivity index is 1.77. The van der Waals surface area contributed by atoms with Crippen molar-refractivity contribution in [1.29, 1.82) is 5.26 Å². The number of benzene rings is 3. The molecular formula is C21H17N3O2. The molecule has 3 aromatic carbocycles. The Hall–Kier alpha value is -3.78. The molecule has 0 radical (unpaired) electrons. The zero-order valence-electron chi connectivity index (χ0n) is 14.2. The van der Waals surface area contributed by atoms with Crippen LogP contribution in [0.5, 0.6) is 5.75 Å². The molecule has 0 saturated carbocycles. The van der Waals surface area contributed by atoms with E-state index in [4.69, 9.17) is 5.26 Å². The number of hydrogen-bond donors (Lipinski definition) is 3. The minimum atomic E-state index is -0.247. The van der Waals surface area contributed by atoms with Crippen LogP contribution in [0.25, 0.3) is 0 Å². The molecule has 5 heteroatoms. The number of carbonyl (C=O) groups excluding carboxylic acids is 1. The second-order valence-electron chi connectivity index (χ2n) is 5.84. The van der Waals surface area contributed by atoms with Crippen LogP contribution in [0, 0.1) is 18.3 Å². The van der Waals surface area contributed by atoms with Crippen LogP contribution in [-0.2, 0) is 0 Å². The molecule has 0 aliphatic rings. The Morgan fingerprint density at radius 3 is 2.27 bits per heavy atom. The van der Waals surface area contributed by atoms with Crippen LogP contribution < -0.4 is 10.6 Å². The molecule has 1 amide bonds. The van der Waals surface area contributed by atoms with Crippen molar-refractivity contribution in [1.82, 2.24) is 0 Å². The normalized spacial score (nSPS) is 10.0. The summed E-state index contributed by atoms with van der Waals surface area (Å²) in [5, 5.41) is 24.3. The molecule has 128 valence electrons. The number of aromatic hydroxyl groups is 1. The van der Waals surface area contributed by atoms with Crippen LogP contribution in [0.4, 0.5) is 17.1 Å². The number of rotatable bonds is 4. The van der Waals surface area contributed by atoms with Crippen molar-refractivity contribution in [3.05, 3.63) is 83.4 Å². The Morgan fingerprint density at radius 2 is 1.62 bits per heavy atom. The molecule has 0 spiro atoms. The summed E-state index contributed by atoms with van der Waals surface area (Å²) in [5.41, 5.74) is 4.36. The summed E-state index contributed by atoms with van der Waals surface area (Å²) in [6.45, 7) is 1.91. The van der Waals surface area contributed by atoms with Crippen molar-refractivity contribution >= 4 is 23.0 Å². The van der Waals surface area contributed by atoms with E-state index in [2.05, 4.69) is 16.7 Å². The maximum atomic E-state index is 12.4. The molecule has 0 bridgehead atoms. The van der Waals surface area contributed by atoms with Crippen LogP contribution in [0.15, 0.2) is 66.7 Å². The van der Waals surface area contributed by atoms with Gasteiger partial charge in [-0.25, -0.2) is 0 Å². The Morgan fingerprint density at radius 1 is 0.962 bits per heavy atom. The standard InChI is InChI=1S/C21H17N3O2/c1-14-2-7-18(23-17-8-3-15(13-22)4-9-17)12-20(14)24-21(26)16-5-10-19(25)11-6-16/h2-12,23,25H,1H3,(H,24,26). The first-order valence-electron chi connectivity index (χ1n) is 8.03. The lowest BCUT2D eigenvalue weighted by atomic mass is 10.1. The van der Waals surface area contributed by atoms with Crippen LogP contribution in [-0.4, -0.2) is 11.0 Å². The molecule has 0 heterocycles. The molecule has 0 aliphatic heterocycles. The molecule has 3 N–H and O–H groups in total. The number of hydrogen-bond acceptors (Lipinski definition) is 4. The number of carbonyl (C=O) groups is 1. The van der Waals surface area contributed by atoms with E-state index in [1.807, 2.05) is 37.3 Å². The van der Waals surface area contributed by atoms with E-state index in [1.54, 1.807) is 24.3 Å². The number of phenols is 1. The number of phenolic OH excluding ortho intramolecular Hbond substituents is 1. The highest BCUT2D eigenvalue weighted by Gasteiger charge is 2.09. The van der Waals surface area contributed by atoms with Crippen molar-refractivity contribution in [2.45, 2.75) is 6.92 Å². The molecule has 5 nitrogen and oxygen atoms in total. The molecule has 0 saturated heterocycles. The molecular weight excluding hydrogens is 326 g/mol. The van der Waals surface area contributed by atoms with Crippen LogP contribution >= 0.6 is 0 Å². The average Bonchev–Trinajstić information content (AvgIpc) is 2.65. The van der Waals surface area contributed by atoms with Gasteiger partial charge < -0.3 is 15.7 Å². The van der Waals surface area contributed by atoms with Crippen molar-refractivity contribution in [2.24, 2.45) is 0 Å². The molecule has 0 aliphatic carbocycles. The zero-order valence-corrected chi connectivity index (χ0v) is 14.2. The summed E-state index contributed by atoms with van der Waals surface area (Å²) in [6.07, 6.45) is 0. The highest BCUT2D eigenvalue weighted by molar-refractivity contribution is 6.05. The van der Waals surface area contributed by atoms with E-state index in [-0.39, 0.29) is 11.7 Å². The van der Waals surface area contributed by atoms with Crippen LogP contribution in [0.1, 0.15) is 21.5 Å². The van der Waals surface area contributed by atoms with E-state index < -0.39 is 0 Å². The summed E-state index contributed by atoms with van der Waals surface area (Å²) in [4.78, 5) is 12.4. The molecule has 0 fully saturated rings. The van der Waals surface area contributed by atoms with Gasteiger partial charge in [0.15, 0.2) is 0 Å². The van der Waals surface area contributed by atoms with Gasteiger partial charge in [-0.3, -0.25) is 4.79 Å². The van der Waals surface area contributed by atoms with E-state index in [0.29, 0.717) is 16.8 Å². The summed E-state index contributed by atoms with van der Waals surface area (Å²) in [7, 11) is 0. The Labute approximate surface area is 151 Å². The summed E-state index contributed by atoms with van der Waals surface area (Å²) >= 11 is 0. The number of nitrogens with one attached hydrogen (secondary N) is 2. The largest absolute Gasteiger partial charge is 0.508 e. The number of amides is 1. The summed E-state index contributed by atoms with van der Waals surface area (Å²) in [5.74, 6) is -0.130. The maximum absolute atomic E-state index is 12.4. The summed E-state index contributed by atoms with van der Waals surface area (Å²) in [6, 6.07) is 21.0. The highest BCUT2D eigenvalue weighted by atomic mass is 16.3. The topological polar surface area (TPSA) is 85.2 Å². The molecule has 3 aromatic rings. The predicted octanol–water partition coefficient (Wildman–Crippen LogP) is 4.57. The van der Waals surface area contributed by atoms with Crippen molar-refractivity contribution in [3.63, 3.8) is 0 Å². The molecule has 0 aromatic heterocycles. The van der Waals surface area contributed by atoms with Crippen LogP contribution in [0.2, 0.25) is 0 Å². The van der Waals surface area contributed by atoms with E-state index in [0.717, 1.165) is 16.9 Å². The highest BCUT2D eigenvalue weighted by Crippen LogP contribution is 2.24. The van der Waals surface area contributed by atoms with E-state index in [9.17, 15) is 9.90 Å². The van der Waals surface area contributed by atoms with Gasteiger partial charge in [-0.2, -0.15) is 5.26 Å². The second-order valence-corrected chi connectivity index (χ2v) is 5.84. The fourth-order valence-corrected chi connectivity index (χ4v) is 2.44. The van der Waals surface area contributed by atoms with Gasteiger partial charge in [0.1, 0.15) is 5.75 Å². The van der Waals surface area contributed by atoms with Crippen molar-refractivity contribution in [2.75, 3.05) is 10.6 Å². The van der Waals surface area contributed by atoms with E-state index in [1.165, 1.54) is 12.1 Å². The minimum Gasteiger partial charge on any atom is -0.508 e. The smallest absolute Gasteiger partial charge is 0.255 e. The van der Waals surface area contributed by atoms with Gasteiger partial charge in [0.05, 0.1) is 11.6 Å². The molecule has 0 unspecified atom stereocenters. The first-order valence-corrected chi connectivity index (χ1v) is 8.03. The van der Waals surface area contributed by atoms with Gasteiger partial charge in [0.25, 0.3) is 5.91 Å². The fourth-order valence-electron chi connectivity index (χ4n) is 2.44. The first kappa shape index (κ1) is 17.1. The lowest BCUT2D eigenvalue weighted by molar-refractivity contribution is 0.102. The lowest BCUT2D eigenvalue weighted by Gasteiger charge is -2.12. The fraction of sp³-hybridized carbons (Fsp3) is 0.0476.